The zero-order chi connectivity index (χ0) is 21.2. The van der Waals surface area contributed by atoms with Crippen molar-refractivity contribution in [2.24, 2.45) is 0 Å². The standard InChI is InChI=1S/C24H21N5OS/c1-16-9-8-14-19(15-16)25-23(30)21-20(17-10-4-2-5-11-17)28-29-22(26-27-24(29)31-21)18-12-6-3-7-13-18/h2-15,20-21,28H,1H3,(H,25,30)/t20-,21-/m1/s1. The third-order valence-electron chi connectivity index (χ3n) is 5.17. The fraction of sp³-hybridized carbons (Fsp3) is 0.125. The highest BCUT2D eigenvalue weighted by Crippen LogP contribution is 2.38. The molecular weight excluding hydrogens is 406 g/mol. The number of benzene rings is 3. The first-order valence-corrected chi connectivity index (χ1v) is 10.9. The predicted octanol–water partition coefficient (Wildman–Crippen LogP) is 4.65. The van der Waals surface area contributed by atoms with Crippen LogP contribution < -0.4 is 10.7 Å². The van der Waals surface area contributed by atoms with E-state index in [1.54, 1.807) is 0 Å². The van der Waals surface area contributed by atoms with Crippen LogP contribution in [0.5, 0.6) is 0 Å². The molecule has 0 unspecified atom stereocenters. The molecule has 2 N–H and O–H groups in total. The summed E-state index contributed by atoms with van der Waals surface area (Å²) >= 11 is 1.42. The minimum Gasteiger partial charge on any atom is -0.325 e. The van der Waals surface area contributed by atoms with Gasteiger partial charge in [0.25, 0.3) is 0 Å². The lowest BCUT2D eigenvalue weighted by Gasteiger charge is -2.33. The average Bonchev–Trinajstić information content (AvgIpc) is 3.22. The molecule has 0 aliphatic carbocycles. The molecule has 2 atom stereocenters. The van der Waals surface area contributed by atoms with Crippen LogP contribution in [0.2, 0.25) is 0 Å². The third-order valence-corrected chi connectivity index (χ3v) is 6.39. The van der Waals surface area contributed by atoms with Crippen molar-refractivity contribution in [1.29, 1.82) is 0 Å². The van der Waals surface area contributed by atoms with Gasteiger partial charge < -0.3 is 10.7 Å². The van der Waals surface area contributed by atoms with Gasteiger partial charge in [-0.2, -0.15) is 0 Å². The third kappa shape index (κ3) is 3.92. The van der Waals surface area contributed by atoms with Crippen molar-refractivity contribution in [3.05, 3.63) is 96.1 Å². The Morgan fingerprint density at radius 2 is 1.71 bits per heavy atom. The SMILES string of the molecule is Cc1cccc(NC(=O)[C@@H]2Sc3nnc(-c4ccccc4)n3N[C@@H]2c2ccccc2)c1. The second kappa shape index (κ2) is 8.28. The van der Waals surface area contributed by atoms with Crippen LogP contribution in [0.15, 0.2) is 90.1 Å². The predicted molar refractivity (Wildman–Crippen MR) is 123 cm³/mol. The molecule has 6 nitrogen and oxygen atoms in total. The molecule has 1 aliphatic heterocycles. The van der Waals surface area contributed by atoms with Gasteiger partial charge in [-0.25, -0.2) is 4.68 Å². The molecule has 0 spiro atoms. The molecule has 1 aliphatic rings. The molecule has 0 radical (unpaired) electrons. The molecule has 3 aromatic carbocycles. The molecule has 0 bridgehead atoms. The van der Waals surface area contributed by atoms with Crippen LogP contribution in [-0.4, -0.2) is 26.0 Å². The molecule has 4 aromatic rings. The number of aromatic nitrogens is 3. The molecule has 0 saturated heterocycles. The van der Waals surface area contributed by atoms with Gasteiger partial charge in [-0.05, 0) is 30.2 Å². The van der Waals surface area contributed by atoms with Gasteiger partial charge in [-0.3, -0.25) is 4.79 Å². The molecule has 0 fully saturated rings. The van der Waals surface area contributed by atoms with Gasteiger partial charge in [-0.1, -0.05) is 84.6 Å². The minimum absolute atomic E-state index is 0.0764. The first-order chi connectivity index (χ1) is 15.2. The largest absolute Gasteiger partial charge is 0.325 e. The van der Waals surface area contributed by atoms with Crippen molar-refractivity contribution in [3.8, 4) is 11.4 Å². The van der Waals surface area contributed by atoms with E-state index in [1.165, 1.54) is 11.8 Å². The number of anilines is 1. The van der Waals surface area contributed by atoms with Crippen LogP contribution >= 0.6 is 11.8 Å². The maximum absolute atomic E-state index is 13.3. The molecule has 1 amide bonds. The Hall–Kier alpha value is -3.58. The first kappa shape index (κ1) is 19.4. The van der Waals surface area contributed by atoms with Gasteiger partial charge in [-0.15, -0.1) is 10.2 Å². The Kier molecular flexibility index (Phi) is 5.18. The van der Waals surface area contributed by atoms with Crippen LogP contribution in [0.3, 0.4) is 0 Å². The van der Waals surface area contributed by atoms with Crippen molar-refractivity contribution >= 4 is 23.4 Å². The van der Waals surface area contributed by atoms with E-state index in [9.17, 15) is 4.79 Å². The monoisotopic (exact) mass is 427 g/mol. The van der Waals surface area contributed by atoms with Gasteiger partial charge in [0.2, 0.25) is 11.1 Å². The van der Waals surface area contributed by atoms with E-state index in [0.717, 1.165) is 28.2 Å². The highest BCUT2D eigenvalue weighted by Gasteiger charge is 2.38. The highest BCUT2D eigenvalue weighted by molar-refractivity contribution is 8.00. The number of thioether (sulfide) groups is 1. The number of aryl methyl sites for hydroxylation is 1. The summed E-state index contributed by atoms with van der Waals surface area (Å²) in [6, 6.07) is 27.5. The second-order valence-electron chi connectivity index (χ2n) is 7.42. The fourth-order valence-electron chi connectivity index (χ4n) is 3.68. The maximum atomic E-state index is 13.3. The number of amides is 1. The molecule has 0 saturated carbocycles. The van der Waals surface area contributed by atoms with E-state index in [1.807, 2.05) is 96.5 Å². The molecule has 1 aromatic heterocycles. The first-order valence-electron chi connectivity index (χ1n) is 10.1. The average molecular weight is 428 g/mol. The number of fused-ring (bicyclic) bond motifs is 1. The second-order valence-corrected chi connectivity index (χ2v) is 8.53. The number of rotatable bonds is 4. The topological polar surface area (TPSA) is 71.8 Å². The smallest absolute Gasteiger partial charge is 0.240 e. The van der Waals surface area contributed by atoms with Gasteiger partial charge >= 0.3 is 0 Å². The number of carbonyl (C=O) groups excluding carboxylic acids is 1. The summed E-state index contributed by atoms with van der Waals surface area (Å²) in [6.07, 6.45) is 0. The number of carbonyl (C=O) groups is 1. The Labute approximate surface area is 184 Å². The lowest BCUT2D eigenvalue weighted by Crippen LogP contribution is -2.41. The van der Waals surface area contributed by atoms with Gasteiger partial charge in [0.05, 0.1) is 6.04 Å². The number of nitrogens with one attached hydrogen (secondary N) is 2. The Bertz CT molecular complexity index is 1210. The van der Waals surface area contributed by atoms with Crippen LogP contribution in [0.4, 0.5) is 5.69 Å². The van der Waals surface area contributed by atoms with Crippen molar-refractivity contribution in [2.45, 2.75) is 23.4 Å². The van der Waals surface area contributed by atoms with E-state index < -0.39 is 5.25 Å². The molecule has 2 heterocycles. The van der Waals surface area contributed by atoms with E-state index in [2.05, 4.69) is 20.9 Å². The maximum Gasteiger partial charge on any atom is 0.240 e. The normalized spacial score (nSPS) is 17.5. The lowest BCUT2D eigenvalue weighted by molar-refractivity contribution is -0.116. The van der Waals surface area contributed by atoms with Crippen LogP contribution in [0.1, 0.15) is 17.2 Å². The Balaban J connectivity index is 1.50. The molecule has 5 rings (SSSR count). The molecule has 7 heteroatoms. The number of hydrogen-bond acceptors (Lipinski definition) is 5. The summed E-state index contributed by atoms with van der Waals surface area (Å²) in [6.45, 7) is 2.01. The van der Waals surface area contributed by atoms with Crippen molar-refractivity contribution in [3.63, 3.8) is 0 Å². The van der Waals surface area contributed by atoms with Crippen molar-refractivity contribution in [1.82, 2.24) is 14.9 Å². The quantitative estimate of drug-likeness (QED) is 0.496. The lowest BCUT2D eigenvalue weighted by atomic mass is 10.0. The van der Waals surface area contributed by atoms with Gasteiger partial charge in [0.15, 0.2) is 5.82 Å². The number of nitrogens with zero attached hydrogens (tertiary/aromatic N) is 3. The number of hydrogen-bond donors (Lipinski definition) is 2. The van der Waals surface area contributed by atoms with Crippen molar-refractivity contribution in [2.75, 3.05) is 10.7 Å². The molecular formula is C24H21N5OS. The summed E-state index contributed by atoms with van der Waals surface area (Å²) in [5.74, 6) is 0.647. The summed E-state index contributed by atoms with van der Waals surface area (Å²) in [5, 5.41) is 12.0. The molecule has 31 heavy (non-hydrogen) atoms. The summed E-state index contributed by atoms with van der Waals surface area (Å²) in [4.78, 5) is 13.3. The summed E-state index contributed by atoms with van der Waals surface area (Å²) in [5.41, 5.74) is 7.37. The van der Waals surface area contributed by atoms with Gasteiger partial charge in [0, 0.05) is 11.3 Å². The zero-order valence-corrected chi connectivity index (χ0v) is 17.7. The Morgan fingerprint density at radius 1 is 0.968 bits per heavy atom. The van der Waals surface area contributed by atoms with Crippen LogP contribution in [0.25, 0.3) is 11.4 Å². The van der Waals surface area contributed by atoms with Gasteiger partial charge in [0.1, 0.15) is 5.25 Å². The summed E-state index contributed by atoms with van der Waals surface area (Å²) in [7, 11) is 0. The minimum atomic E-state index is -0.414. The van der Waals surface area contributed by atoms with E-state index in [0.29, 0.717) is 5.16 Å². The highest BCUT2D eigenvalue weighted by atomic mass is 32.2. The molecule has 154 valence electrons. The van der Waals surface area contributed by atoms with Crippen molar-refractivity contribution < 1.29 is 4.79 Å². The summed E-state index contributed by atoms with van der Waals surface area (Å²) < 4.78 is 1.88. The Morgan fingerprint density at radius 3 is 2.45 bits per heavy atom. The van der Waals surface area contributed by atoms with Crippen LogP contribution in [0, 0.1) is 6.92 Å². The van der Waals surface area contributed by atoms with E-state index in [4.69, 9.17) is 0 Å². The van der Waals surface area contributed by atoms with E-state index >= 15 is 0 Å². The zero-order valence-electron chi connectivity index (χ0n) is 16.9. The van der Waals surface area contributed by atoms with E-state index in [-0.39, 0.29) is 11.9 Å². The fourth-order valence-corrected chi connectivity index (χ4v) is 4.76. The van der Waals surface area contributed by atoms with Crippen LogP contribution in [-0.2, 0) is 4.79 Å².